The van der Waals surface area contributed by atoms with E-state index in [1.54, 1.807) is 0 Å². The average Bonchev–Trinajstić information content (AvgIpc) is 2.59. The second kappa shape index (κ2) is 6.95. The maximum atomic E-state index is 12.3. The van der Waals surface area contributed by atoms with E-state index in [1.165, 1.54) is 17.7 Å². The Bertz CT molecular complexity index is 971. The summed E-state index contributed by atoms with van der Waals surface area (Å²) in [5.74, 6) is -0.530. The van der Waals surface area contributed by atoms with E-state index >= 15 is 0 Å². The number of hydrogen-bond donors (Lipinski definition) is 2. The third kappa shape index (κ3) is 3.89. The molecule has 0 fully saturated rings. The van der Waals surface area contributed by atoms with Gasteiger partial charge in [0.1, 0.15) is 4.90 Å². The molecule has 0 aliphatic heterocycles. The first-order chi connectivity index (χ1) is 11.9. The molecule has 0 aromatic heterocycles. The van der Waals surface area contributed by atoms with Crippen LogP contribution in [0.5, 0.6) is 0 Å². The summed E-state index contributed by atoms with van der Waals surface area (Å²) in [6, 6.07) is 11.8. The lowest BCUT2D eigenvalue weighted by Gasteiger charge is -2.17. The van der Waals surface area contributed by atoms with E-state index in [9.17, 15) is 13.2 Å². The number of hydrogen-bond acceptors (Lipinski definition) is 4. The summed E-state index contributed by atoms with van der Waals surface area (Å²) in [6.07, 6.45) is 2.71. The van der Waals surface area contributed by atoms with Crippen molar-refractivity contribution in [1.29, 1.82) is 0 Å². The highest BCUT2D eigenvalue weighted by molar-refractivity contribution is 7.89. The molecule has 130 valence electrons. The summed E-state index contributed by atoms with van der Waals surface area (Å²) in [5.41, 5.74) is 5.61. The largest absolute Gasteiger partial charge is 0.271 e. The molecule has 2 aromatic rings. The number of benzene rings is 2. The van der Waals surface area contributed by atoms with Crippen molar-refractivity contribution in [2.45, 2.75) is 24.2 Å². The number of primary sulfonamides is 1. The number of aryl methyl sites for hydroxylation is 1. The van der Waals surface area contributed by atoms with Gasteiger partial charge in [-0.05, 0) is 43.0 Å². The van der Waals surface area contributed by atoms with Crippen molar-refractivity contribution in [2.24, 2.45) is 10.2 Å². The Morgan fingerprint density at radius 1 is 1.16 bits per heavy atom. The minimum absolute atomic E-state index is 0.0356. The van der Waals surface area contributed by atoms with Gasteiger partial charge in [-0.25, -0.2) is 19.0 Å². The lowest BCUT2D eigenvalue weighted by Crippen LogP contribution is -2.22. The van der Waals surface area contributed by atoms with E-state index in [1.807, 2.05) is 24.3 Å². The molecule has 1 aliphatic carbocycles. The summed E-state index contributed by atoms with van der Waals surface area (Å²) in [5, 5.41) is 9.28. The number of nitrogens with two attached hydrogens (primary N) is 1. The smallest absolute Gasteiger partial charge is 0.267 e. The molecule has 1 amide bonds. The average molecular weight is 378 g/mol. The quantitative estimate of drug-likeness (QED) is 0.803. The topological polar surface area (TPSA) is 102 Å². The zero-order valence-electron chi connectivity index (χ0n) is 13.2. The predicted molar refractivity (Wildman–Crippen MR) is 96.2 cm³/mol. The molecule has 0 bridgehead atoms. The van der Waals surface area contributed by atoms with Crippen LogP contribution in [0.15, 0.2) is 52.5 Å². The lowest BCUT2D eigenvalue weighted by atomic mass is 9.90. The number of nitrogens with zero attached hydrogens (tertiary/aromatic N) is 1. The van der Waals surface area contributed by atoms with Crippen molar-refractivity contribution in [3.05, 3.63) is 64.2 Å². The standard InChI is InChI=1S/C17H16ClN3O3S/c18-14-9-8-12(10-16(14)25(19,23)24)17(22)21-20-15-7-3-5-11-4-1-2-6-13(11)15/h1-2,4,6,8-10H,3,5,7H2,(H,21,22)(H2,19,23,24)/b20-15-. The molecule has 8 heteroatoms. The third-order valence-corrected chi connectivity index (χ3v) is 5.37. The Morgan fingerprint density at radius 3 is 2.68 bits per heavy atom. The fourth-order valence-electron chi connectivity index (χ4n) is 2.76. The van der Waals surface area contributed by atoms with Crippen molar-refractivity contribution < 1.29 is 13.2 Å². The number of sulfonamides is 1. The maximum absolute atomic E-state index is 12.3. The number of carbonyl (C=O) groups excluding carboxylic acids is 1. The van der Waals surface area contributed by atoms with E-state index in [0.29, 0.717) is 0 Å². The fraction of sp³-hybridized carbons (Fsp3) is 0.176. The zero-order chi connectivity index (χ0) is 18.0. The Kier molecular flexibility index (Phi) is 4.89. The Morgan fingerprint density at radius 2 is 1.92 bits per heavy atom. The molecule has 6 nitrogen and oxygen atoms in total. The molecule has 2 aromatic carbocycles. The Hall–Kier alpha value is -2.22. The van der Waals surface area contributed by atoms with Gasteiger partial charge in [0.2, 0.25) is 10.0 Å². The van der Waals surface area contributed by atoms with Crippen LogP contribution in [-0.2, 0) is 16.4 Å². The van der Waals surface area contributed by atoms with Crippen molar-refractivity contribution in [1.82, 2.24) is 5.43 Å². The highest BCUT2D eigenvalue weighted by Gasteiger charge is 2.18. The molecule has 3 rings (SSSR count). The zero-order valence-corrected chi connectivity index (χ0v) is 14.8. The van der Waals surface area contributed by atoms with Crippen molar-refractivity contribution in [2.75, 3.05) is 0 Å². The van der Waals surface area contributed by atoms with Crippen molar-refractivity contribution in [3.63, 3.8) is 0 Å². The summed E-state index contributed by atoms with van der Waals surface area (Å²) in [4.78, 5) is 12.0. The molecule has 0 saturated heterocycles. The van der Waals surface area contributed by atoms with Gasteiger partial charge in [0.15, 0.2) is 0 Å². The predicted octanol–water partition coefficient (Wildman–Crippen LogP) is 2.46. The Balaban J connectivity index is 1.85. The first kappa shape index (κ1) is 17.6. The normalized spacial score (nSPS) is 15.7. The molecule has 0 radical (unpaired) electrons. The molecular weight excluding hydrogens is 362 g/mol. The monoisotopic (exact) mass is 377 g/mol. The summed E-state index contributed by atoms with van der Waals surface area (Å²) in [6.45, 7) is 0. The van der Waals surface area contributed by atoms with Crippen LogP contribution in [0.4, 0.5) is 0 Å². The van der Waals surface area contributed by atoms with Gasteiger partial charge >= 0.3 is 0 Å². The van der Waals surface area contributed by atoms with Gasteiger partial charge in [-0.15, -0.1) is 0 Å². The molecule has 0 atom stereocenters. The molecule has 0 saturated carbocycles. The van der Waals surface area contributed by atoms with Gasteiger partial charge in [0.25, 0.3) is 5.91 Å². The van der Waals surface area contributed by atoms with Crippen molar-refractivity contribution in [3.8, 4) is 0 Å². The molecule has 3 N–H and O–H groups in total. The lowest BCUT2D eigenvalue weighted by molar-refractivity contribution is 0.0954. The number of fused-ring (bicyclic) bond motifs is 1. The number of halogens is 1. The van der Waals surface area contributed by atoms with Gasteiger partial charge in [0.05, 0.1) is 10.7 Å². The van der Waals surface area contributed by atoms with E-state index in [2.05, 4.69) is 10.5 Å². The molecular formula is C17H16ClN3O3S. The minimum Gasteiger partial charge on any atom is -0.267 e. The third-order valence-electron chi connectivity index (χ3n) is 3.98. The molecule has 25 heavy (non-hydrogen) atoms. The number of carbonyl (C=O) groups is 1. The maximum Gasteiger partial charge on any atom is 0.271 e. The number of amides is 1. The molecule has 0 unspecified atom stereocenters. The van der Waals surface area contributed by atoms with Crippen LogP contribution >= 0.6 is 11.6 Å². The summed E-state index contributed by atoms with van der Waals surface area (Å²) in [7, 11) is -4.01. The molecule has 0 heterocycles. The van der Waals surface area contributed by atoms with Crippen molar-refractivity contribution >= 4 is 33.2 Å². The minimum atomic E-state index is -4.01. The first-order valence-electron chi connectivity index (χ1n) is 7.64. The van der Waals surface area contributed by atoms with Crippen LogP contribution in [0.1, 0.15) is 34.3 Å². The number of hydrazone groups is 1. The highest BCUT2D eigenvalue weighted by Crippen LogP contribution is 2.22. The van der Waals surface area contributed by atoms with Crippen LogP contribution in [0.3, 0.4) is 0 Å². The van der Waals surface area contributed by atoms with E-state index in [-0.39, 0.29) is 15.5 Å². The number of nitrogens with one attached hydrogen (secondary N) is 1. The second-order valence-electron chi connectivity index (χ2n) is 5.70. The van der Waals surface area contributed by atoms with Gasteiger partial charge < -0.3 is 0 Å². The van der Waals surface area contributed by atoms with Gasteiger partial charge in [-0.3, -0.25) is 4.79 Å². The van der Waals surface area contributed by atoms with Crippen LogP contribution in [0, 0.1) is 0 Å². The fourth-order valence-corrected chi connectivity index (χ4v) is 3.83. The summed E-state index contributed by atoms with van der Waals surface area (Å²) >= 11 is 5.82. The van der Waals surface area contributed by atoms with E-state index in [4.69, 9.17) is 16.7 Å². The van der Waals surface area contributed by atoms with E-state index in [0.717, 1.165) is 36.6 Å². The molecule has 1 aliphatic rings. The number of rotatable bonds is 3. The van der Waals surface area contributed by atoms with Crippen LogP contribution in [-0.4, -0.2) is 20.0 Å². The molecule has 0 spiro atoms. The van der Waals surface area contributed by atoms with Crippen LogP contribution < -0.4 is 10.6 Å². The van der Waals surface area contributed by atoms with E-state index < -0.39 is 15.9 Å². The highest BCUT2D eigenvalue weighted by atomic mass is 35.5. The Labute approximate surface area is 150 Å². The van der Waals surface area contributed by atoms with Crippen LogP contribution in [0.2, 0.25) is 5.02 Å². The van der Waals surface area contributed by atoms with Crippen LogP contribution in [0.25, 0.3) is 0 Å². The SMILES string of the molecule is NS(=O)(=O)c1cc(C(=O)N/N=C2/CCCc3ccccc32)ccc1Cl. The van der Waals surface area contributed by atoms with Gasteiger partial charge in [-0.1, -0.05) is 35.9 Å². The van der Waals surface area contributed by atoms with Gasteiger partial charge in [-0.2, -0.15) is 5.10 Å². The first-order valence-corrected chi connectivity index (χ1v) is 9.56. The second-order valence-corrected chi connectivity index (χ2v) is 7.64. The summed E-state index contributed by atoms with van der Waals surface area (Å²) < 4.78 is 23.0. The van der Waals surface area contributed by atoms with Gasteiger partial charge in [0, 0.05) is 11.1 Å².